The molecule has 2 aromatic rings. The molecule has 3 rings (SSSR count). The van der Waals surface area contributed by atoms with Gasteiger partial charge in [-0.2, -0.15) is 0 Å². The Labute approximate surface area is 186 Å². The van der Waals surface area contributed by atoms with Crippen LogP contribution in [0, 0.1) is 0 Å². The Bertz CT molecular complexity index is 815. The van der Waals surface area contributed by atoms with Crippen LogP contribution in [-0.2, 0) is 0 Å². The predicted molar refractivity (Wildman–Crippen MR) is 131 cm³/mol. The molecule has 1 aliphatic heterocycles. The molecule has 3 nitrogen and oxygen atoms in total. The van der Waals surface area contributed by atoms with Crippen molar-refractivity contribution in [2.24, 2.45) is 0 Å². The van der Waals surface area contributed by atoms with Crippen LogP contribution in [0.3, 0.4) is 0 Å². The van der Waals surface area contributed by atoms with Gasteiger partial charge in [-0.3, -0.25) is 0 Å². The van der Waals surface area contributed by atoms with Crippen molar-refractivity contribution >= 4 is 23.9 Å². The molecule has 0 saturated carbocycles. The van der Waals surface area contributed by atoms with Crippen molar-refractivity contribution in [1.29, 1.82) is 0 Å². The predicted octanol–water partition coefficient (Wildman–Crippen LogP) is 6.65. The molecule has 0 radical (unpaired) electrons. The maximum absolute atomic E-state index is 6.15. The average molecular weight is 423 g/mol. The van der Waals surface area contributed by atoms with Crippen molar-refractivity contribution < 1.29 is 4.74 Å². The molecule has 2 aromatic carbocycles. The Morgan fingerprint density at radius 1 is 0.733 bits per heavy atom. The fourth-order valence-electron chi connectivity index (χ4n) is 3.31. The minimum Gasteiger partial charge on any atom is -0.455 e. The lowest BCUT2D eigenvalue weighted by molar-refractivity contribution is 0.402. The van der Waals surface area contributed by atoms with Crippen molar-refractivity contribution in [3.05, 3.63) is 59.7 Å². The van der Waals surface area contributed by atoms with Crippen LogP contribution in [0.2, 0.25) is 0 Å². The van der Waals surface area contributed by atoms with E-state index in [2.05, 4.69) is 98.7 Å². The maximum Gasteiger partial charge on any atom is 0.141 e. The SMILES string of the molecule is CN(C)CCCC=Cc1ccc2c(c1)Sc1cc(C=CCCCN(C)C)ccc1O2. The van der Waals surface area contributed by atoms with E-state index in [4.69, 9.17) is 4.74 Å². The highest BCUT2D eigenvalue weighted by Crippen LogP contribution is 2.47. The first-order valence-electron chi connectivity index (χ1n) is 10.8. The molecule has 0 fully saturated rings. The summed E-state index contributed by atoms with van der Waals surface area (Å²) >= 11 is 1.80. The van der Waals surface area contributed by atoms with Gasteiger partial charge in [0.2, 0.25) is 0 Å². The van der Waals surface area contributed by atoms with Gasteiger partial charge in [-0.05, 0) is 102 Å². The molecule has 1 heterocycles. The number of ether oxygens (including phenoxy) is 1. The Morgan fingerprint density at radius 2 is 1.20 bits per heavy atom. The Hall–Kier alpha value is -2.01. The maximum atomic E-state index is 6.15. The van der Waals surface area contributed by atoms with E-state index < -0.39 is 0 Å². The topological polar surface area (TPSA) is 15.7 Å². The zero-order valence-corrected chi connectivity index (χ0v) is 19.5. The summed E-state index contributed by atoms with van der Waals surface area (Å²) in [6, 6.07) is 12.9. The van der Waals surface area contributed by atoms with E-state index in [1.165, 1.54) is 33.8 Å². The Balaban J connectivity index is 1.61. The highest BCUT2D eigenvalue weighted by molar-refractivity contribution is 7.99. The number of unbranched alkanes of at least 4 members (excludes halogenated alkanes) is 2. The van der Waals surface area contributed by atoms with Gasteiger partial charge in [-0.1, -0.05) is 48.2 Å². The molecule has 4 heteroatoms. The molecule has 0 aliphatic carbocycles. The smallest absolute Gasteiger partial charge is 0.141 e. The van der Waals surface area contributed by atoms with Crippen LogP contribution >= 0.6 is 11.8 Å². The molecule has 0 aromatic heterocycles. The second-order valence-corrected chi connectivity index (χ2v) is 9.40. The molecule has 0 unspecified atom stereocenters. The number of hydrogen-bond donors (Lipinski definition) is 0. The first-order valence-corrected chi connectivity index (χ1v) is 11.6. The van der Waals surface area contributed by atoms with Crippen molar-refractivity contribution in [3.8, 4) is 11.5 Å². The lowest BCUT2D eigenvalue weighted by Gasteiger charge is -2.20. The highest BCUT2D eigenvalue weighted by atomic mass is 32.2. The summed E-state index contributed by atoms with van der Waals surface area (Å²) < 4.78 is 6.15. The lowest BCUT2D eigenvalue weighted by Crippen LogP contribution is -2.12. The third-order valence-electron chi connectivity index (χ3n) is 4.95. The van der Waals surface area contributed by atoms with Gasteiger partial charge in [-0.15, -0.1) is 0 Å². The summed E-state index contributed by atoms with van der Waals surface area (Å²) in [5.74, 6) is 1.90. The largest absolute Gasteiger partial charge is 0.455 e. The van der Waals surface area contributed by atoms with Gasteiger partial charge < -0.3 is 14.5 Å². The van der Waals surface area contributed by atoms with Crippen LogP contribution in [-0.4, -0.2) is 51.1 Å². The van der Waals surface area contributed by atoms with Crippen LogP contribution in [0.15, 0.2) is 58.3 Å². The van der Waals surface area contributed by atoms with Crippen molar-refractivity contribution in [2.75, 3.05) is 41.3 Å². The molecule has 0 saturated heterocycles. The number of hydrogen-bond acceptors (Lipinski definition) is 4. The fourth-order valence-corrected chi connectivity index (χ4v) is 4.36. The van der Waals surface area contributed by atoms with E-state index in [1.54, 1.807) is 11.8 Å². The van der Waals surface area contributed by atoms with Crippen molar-refractivity contribution in [2.45, 2.75) is 35.5 Å². The molecular formula is C26H34N2OS. The van der Waals surface area contributed by atoms with Crippen LogP contribution < -0.4 is 4.74 Å². The van der Waals surface area contributed by atoms with Crippen LogP contribution in [0.1, 0.15) is 36.8 Å². The fraction of sp³-hybridized carbons (Fsp3) is 0.385. The molecule has 160 valence electrons. The zero-order chi connectivity index (χ0) is 21.3. The van der Waals surface area contributed by atoms with Gasteiger partial charge in [-0.25, -0.2) is 0 Å². The van der Waals surface area contributed by atoms with E-state index in [0.717, 1.165) is 37.4 Å². The summed E-state index contributed by atoms with van der Waals surface area (Å²) in [5.41, 5.74) is 2.46. The van der Waals surface area contributed by atoms with Gasteiger partial charge in [0.05, 0.1) is 9.79 Å². The number of allylic oxidation sites excluding steroid dienone is 2. The van der Waals surface area contributed by atoms with Crippen LogP contribution in [0.4, 0.5) is 0 Å². The van der Waals surface area contributed by atoms with E-state index in [-0.39, 0.29) is 0 Å². The second-order valence-electron chi connectivity index (χ2n) is 8.31. The van der Waals surface area contributed by atoms with Crippen LogP contribution in [0.5, 0.6) is 11.5 Å². The minimum atomic E-state index is 0.948. The Kier molecular flexibility index (Phi) is 8.61. The van der Waals surface area contributed by atoms with E-state index in [0.29, 0.717) is 0 Å². The summed E-state index contributed by atoms with van der Waals surface area (Å²) in [6.45, 7) is 2.25. The van der Waals surface area contributed by atoms with Crippen molar-refractivity contribution in [3.63, 3.8) is 0 Å². The van der Waals surface area contributed by atoms with Gasteiger partial charge in [0.25, 0.3) is 0 Å². The summed E-state index contributed by atoms with van der Waals surface area (Å²) in [5, 5.41) is 0. The monoisotopic (exact) mass is 422 g/mol. The first-order chi connectivity index (χ1) is 14.5. The summed E-state index contributed by atoms with van der Waals surface area (Å²) in [4.78, 5) is 6.83. The van der Waals surface area contributed by atoms with Gasteiger partial charge in [0, 0.05) is 0 Å². The number of fused-ring (bicyclic) bond motifs is 2. The molecule has 0 atom stereocenters. The van der Waals surface area contributed by atoms with Crippen LogP contribution in [0.25, 0.3) is 12.2 Å². The number of nitrogens with zero attached hydrogens (tertiary/aromatic N) is 2. The second kappa shape index (κ2) is 11.4. The molecule has 0 bridgehead atoms. The Morgan fingerprint density at radius 3 is 1.63 bits per heavy atom. The first kappa shape index (κ1) is 22.7. The van der Waals surface area contributed by atoms with Gasteiger partial charge in [0.1, 0.15) is 11.5 Å². The highest BCUT2D eigenvalue weighted by Gasteiger charge is 2.18. The minimum absolute atomic E-state index is 0.948. The van der Waals surface area contributed by atoms with E-state index >= 15 is 0 Å². The summed E-state index contributed by atoms with van der Waals surface area (Å²) in [6.07, 6.45) is 13.6. The quantitative estimate of drug-likeness (QED) is 0.340. The molecule has 0 N–H and O–H groups in total. The van der Waals surface area contributed by atoms with Gasteiger partial charge >= 0.3 is 0 Å². The molecule has 0 spiro atoms. The normalized spacial score (nSPS) is 13.3. The van der Waals surface area contributed by atoms with Gasteiger partial charge in [0.15, 0.2) is 0 Å². The average Bonchev–Trinajstić information content (AvgIpc) is 2.71. The number of rotatable bonds is 10. The molecule has 1 aliphatic rings. The van der Waals surface area contributed by atoms with Crippen molar-refractivity contribution in [1.82, 2.24) is 9.80 Å². The number of benzene rings is 2. The third-order valence-corrected chi connectivity index (χ3v) is 6.03. The van der Waals surface area contributed by atoms with E-state index in [9.17, 15) is 0 Å². The summed E-state index contributed by atoms with van der Waals surface area (Å²) in [7, 11) is 8.48. The standard InChI is InChI=1S/C26H34N2OS/c1-27(2)17-9-5-7-11-21-13-15-23-25(19-21)30-26-20-22(14-16-24(26)29-23)12-8-6-10-18-28(3)4/h7-8,11-16,19-20H,5-6,9-10,17-18H2,1-4H3. The third kappa shape index (κ3) is 7.05. The zero-order valence-electron chi connectivity index (χ0n) is 18.7. The lowest BCUT2D eigenvalue weighted by atomic mass is 10.1. The molecular weight excluding hydrogens is 388 g/mol. The molecule has 30 heavy (non-hydrogen) atoms. The molecule has 0 amide bonds. The van der Waals surface area contributed by atoms with E-state index in [1.807, 2.05) is 0 Å².